The summed E-state index contributed by atoms with van der Waals surface area (Å²) in [6.07, 6.45) is 8.69. The van der Waals surface area contributed by atoms with Gasteiger partial charge in [0.25, 0.3) is 10.0 Å². The third-order valence-corrected chi connectivity index (χ3v) is 7.94. The van der Waals surface area contributed by atoms with Gasteiger partial charge < -0.3 is 14.6 Å². The van der Waals surface area contributed by atoms with Gasteiger partial charge in [0.1, 0.15) is 4.90 Å². The van der Waals surface area contributed by atoms with Crippen molar-refractivity contribution in [3.05, 3.63) is 40.6 Å². The van der Waals surface area contributed by atoms with E-state index in [0.29, 0.717) is 18.4 Å². The molecular weight excluding hydrogens is 402 g/mol. The van der Waals surface area contributed by atoms with E-state index in [1.807, 2.05) is 0 Å². The normalized spacial score (nSPS) is 19.6. The van der Waals surface area contributed by atoms with Crippen LogP contribution in [0.2, 0.25) is 0 Å². The number of nitrogens with one attached hydrogen (secondary N) is 2. The van der Waals surface area contributed by atoms with Crippen LogP contribution in [0.5, 0.6) is 5.88 Å². The lowest BCUT2D eigenvalue weighted by atomic mass is 9.99. The average Bonchev–Trinajstić information content (AvgIpc) is 3.45. The molecule has 2 aliphatic carbocycles. The first-order valence-corrected chi connectivity index (χ1v) is 12.3. The number of amides is 2. The summed E-state index contributed by atoms with van der Waals surface area (Å²) >= 11 is 0. The number of urea groups is 1. The number of anilines is 1. The molecule has 160 valence electrons. The lowest BCUT2D eigenvalue weighted by molar-refractivity contribution is 0.166. The van der Waals surface area contributed by atoms with E-state index in [1.54, 1.807) is 10.8 Å². The smallest absolute Gasteiger partial charge is 0.333 e. The Morgan fingerprint density at radius 2 is 1.87 bits per heavy atom. The number of sulfonamides is 1. The Balaban J connectivity index is 1.38. The maximum absolute atomic E-state index is 12.9. The van der Waals surface area contributed by atoms with Gasteiger partial charge in [-0.25, -0.2) is 17.9 Å². The van der Waals surface area contributed by atoms with Crippen LogP contribution in [0, 0.1) is 5.92 Å². The quantitative estimate of drug-likeness (QED) is 0.780. The number of carbonyl (C=O) groups excluding carboxylic acids is 1. The molecule has 0 radical (unpaired) electrons. The zero-order chi connectivity index (χ0) is 20.9. The second-order valence-electron chi connectivity index (χ2n) is 8.52. The second kappa shape index (κ2) is 7.34. The fourth-order valence-electron chi connectivity index (χ4n) is 5.00. The molecule has 1 aliphatic heterocycles. The Labute approximate surface area is 176 Å². The fourth-order valence-corrected chi connectivity index (χ4v) is 6.05. The van der Waals surface area contributed by atoms with E-state index >= 15 is 0 Å². The van der Waals surface area contributed by atoms with E-state index in [9.17, 15) is 13.2 Å². The summed E-state index contributed by atoms with van der Waals surface area (Å²) in [6, 6.07) is 3.06. The summed E-state index contributed by atoms with van der Waals surface area (Å²) < 4.78 is 35.6. The molecule has 3 aliphatic rings. The molecule has 0 saturated heterocycles. The predicted octanol–water partition coefficient (Wildman–Crippen LogP) is 3.39. The summed E-state index contributed by atoms with van der Waals surface area (Å²) in [5.41, 5.74) is 5.73. The molecule has 2 N–H and O–H groups in total. The van der Waals surface area contributed by atoms with Crippen molar-refractivity contribution < 1.29 is 17.9 Å². The molecule has 0 fully saturated rings. The van der Waals surface area contributed by atoms with Crippen molar-refractivity contribution in [3.63, 3.8) is 0 Å². The van der Waals surface area contributed by atoms with Crippen LogP contribution in [0.3, 0.4) is 0 Å². The van der Waals surface area contributed by atoms with Crippen molar-refractivity contribution in [2.45, 2.75) is 63.3 Å². The van der Waals surface area contributed by atoms with Crippen molar-refractivity contribution in [3.8, 4) is 5.88 Å². The van der Waals surface area contributed by atoms with Gasteiger partial charge in [0, 0.05) is 24.3 Å². The maximum Gasteiger partial charge on any atom is 0.333 e. The van der Waals surface area contributed by atoms with E-state index in [1.165, 1.54) is 28.3 Å². The highest BCUT2D eigenvalue weighted by Gasteiger charge is 2.30. The van der Waals surface area contributed by atoms with Gasteiger partial charge >= 0.3 is 6.03 Å². The minimum Gasteiger partial charge on any atom is -0.477 e. The van der Waals surface area contributed by atoms with Gasteiger partial charge in [-0.1, -0.05) is 13.0 Å². The standard InChI is InChI=1S/C22H27N3O4S/c1-2-14-12-25-10-9-19(21(25)29-13-14)30(27,28)24-22(26)23-20-17-7-3-5-15(17)11-16-6-4-8-18(16)20/h9-11,14H,2-8,12-13H2,1H3,(H2,23,24,26). The molecule has 7 nitrogen and oxygen atoms in total. The van der Waals surface area contributed by atoms with Gasteiger partial charge in [0.2, 0.25) is 5.88 Å². The highest BCUT2D eigenvalue weighted by Crippen LogP contribution is 2.38. The maximum atomic E-state index is 12.9. The molecule has 5 rings (SSSR count). The Bertz CT molecular complexity index is 1090. The lowest BCUT2D eigenvalue weighted by Gasteiger charge is -2.25. The molecule has 2 aromatic rings. The van der Waals surface area contributed by atoms with Crippen LogP contribution < -0.4 is 14.8 Å². The van der Waals surface area contributed by atoms with Gasteiger partial charge in [0.05, 0.1) is 6.61 Å². The van der Waals surface area contributed by atoms with Gasteiger partial charge in [-0.3, -0.25) is 0 Å². The summed E-state index contributed by atoms with van der Waals surface area (Å²) in [4.78, 5) is 12.8. The molecule has 2 heterocycles. The molecular formula is C22H27N3O4S. The zero-order valence-corrected chi connectivity index (χ0v) is 18.0. The second-order valence-corrected chi connectivity index (χ2v) is 10.2. The monoisotopic (exact) mass is 429 g/mol. The van der Waals surface area contributed by atoms with Crippen molar-refractivity contribution in [2.24, 2.45) is 5.92 Å². The first-order chi connectivity index (χ1) is 14.5. The highest BCUT2D eigenvalue weighted by atomic mass is 32.2. The van der Waals surface area contributed by atoms with E-state index < -0.39 is 16.1 Å². The molecule has 2 amide bonds. The molecule has 8 heteroatoms. The number of hydrogen-bond acceptors (Lipinski definition) is 4. The minimum atomic E-state index is -4.04. The number of carbonyl (C=O) groups is 1. The topological polar surface area (TPSA) is 89.4 Å². The molecule has 0 bridgehead atoms. The molecule has 1 aromatic carbocycles. The van der Waals surface area contributed by atoms with E-state index in [2.05, 4.69) is 23.0 Å². The SMILES string of the molecule is CCC1COc2c(S(=O)(=O)NC(=O)Nc3c4c(cc5c3CCC5)CCC4)ccn2C1. The van der Waals surface area contributed by atoms with Crippen LogP contribution in [0.15, 0.2) is 23.2 Å². The van der Waals surface area contributed by atoms with E-state index in [4.69, 9.17) is 4.74 Å². The Morgan fingerprint density at radius 1 is 1.17 bits per heavy atom. The summed E-state index contributed by atoms with van der Waals surface area (Å²) in [6.45, 7) is 3.29. The number of hydrogen-bond donors (Lipinski definition) is 2. The van der Waals surface area contributed by atoms with Gasteiger partial charge in [-0.15, -0.1) is 0 Å². The summed E-state index contributed by atoms with van der Waals surface area (Å²) in [7, 11) is -4.04. The third-order valence-electron chi connectivity index (χ3n) is 6.59. The number of rotatable bonds is 4. The number of aryl methyl sites for hydroxylation is 2. The van der Waals surface area contributed by atoms with Crippen molar-refractivity contribution >= 4 is 21.7 Å². The summed E-state index contributed by atoms with van der Waals surface area (Å²) in [5.74, 6) is 0.667. The average molecular weight is 430 g/mol. The Kier molecular flexibility index (Phi) is 4.76. The number of benzene rings is 1. The van der Waals surface area contributed by atoms with E-state index in [0.717, 1.165) is 57.2 Å². The van der Waals surface area contributed by atoms with E-state index in [-0.39, 0.29) is 4.90 Å². The zero-order valence-electron chi connectivity index (χ0n) is 17.2. The van der Waals surface area contributed by atoms with Crippen molar-refractivity contribution in [2.75, 3.05) is 11.9 Å². The van der Waals surface area contributed by atoms with Gasteiger partial charge in [-0.05, 0) is 73.3 Å². The predicted molar refractivity (Wildman–Crippen MR) is 114 cm³/mol. The van der Waals surface area contributed by atoms with Crippen LogP contribution in [-0.2, 0) is 42.3 Å². The van der Waals surface area contributed by atoms with Gasteiger partial charge in [-0.2, -0.15) is 0 Å². The minimum absolute atomic E-state index is 0.00993. The van der Waals surface area contributed by atoms with Crippen molar-refractivity contribution in [1.82, 2.24) is 9.29 Å². The van der Waals surface area contributed by atoms with Crippen molar-refractivity contribution in [1.29, 1.82) is 0 Å². The van der Waals surface area contributed by atoms with Gasteiger partial charge in [0.15, 0.2) is 0 Å². The number of nitrogens with zero attached hydrogens (tertiary/aromatic N) is 1. The first kappa shape index (κ1) is 19.5. The first-order valence-electron chi connectivity index (χ1n) is 10.8. The molecule has 0 spiro atoms. The highest BCUT2D eigenvalue weighted by molar-refractivity contribution is 7.90. The summed E-state index contributed by atoms with van der Waals surface area (Å²) in [5, 5.41) is 2.88. The van der Waals surface area contributed by atoms with Crippen LogP contribution in [-0.4, -0.2) is 25.6 Å². The van der Waals surface area contributed by atoms with Crippen LogP contribution in [0.1, 0.15) is 48.4 Å². The van der Waals surface area contributed by atoms with Crippen LogP contribution in [0.4, 0.5) is 10.5 Å². The number of ether oxygens (including phenoxy) is 1. The molecule has 1 unspecified atom stereocenters. The molecule has 1 aromatic heterocycles. The molecule has 0 saturated carbocycles. The lowest BCUT2D eigenvalue weighted by Crippen LogP contribution is -2.35. The number of fused-ring (bicyclic) bond motifs is 3. The molecule has 30 heavy (non-hydrogen) atoms. The number of aromatic nitrogens is 1. The molecule has 1 atom stereocenters. The Hall–Kier alpha value is -2.48. The fraction of sp³-hybridized carbons (Fsp3) is 0.500. The van der Waals surface area contributed by atoms with Crippen LogP contribution in [0.25, 0.3) is 0 Å². The Morgan fingerprint density at radius 3 is 2.53 bits per heavy atom. The largest absolute Gasteiger partial charge is 0.477 e. The van der Waals surface area contributed by atoms with Crippen LogP contribution >= 0.6 is 0 Å². The third kappa shape index (κ3) is 3.27.